The number of alkyl halides is 1. The number of hydrogen-bond acceptors (Lipinski definition) is 4. The summed E-state index contributed by atoms with van der Waals surface area (Å²) in [5.41, 5.74) is -1.48. The second-order valence-corrected chi connectivity index (χ2v) is 12.5. The van der Waals surface area contributed by atoms with Crippen LogP contribution in [0.15, 0.2) is 12.4 Å². The fraction of sp³-hybridized carbons (Fsp3) is 0.815. The molecule has 0 aliphatic heterocycles. The van der Waals surface area contributed by atoms with Gasteiger partial charge in [-0.2, -0.15) is 5.10 Å². The highest BCUT2D eigenvalue weighted by atomic mass is 19.1. The summed E-state index contributed by atoms with van der Waals surface area (Å²) in [7, 11) is 3.40. The molecule has 0 spiro atoms. The molecule has 4 aliphatic carbocycles. The second kappa shape index (κ2) is 8.14. The molecule has 0 aromatic carbocycles. The van der Waals surface area contributed by atoms with Gasteiger partial charge in [0.25, 0.3) is 5.91 Å². The van der Waals surface area contributed by atoms with Gasteiger partial charge < -0.3 is 10.0 Å². The number of hydrogen-bond donors (Lipinski definition) is 1. The van der Waals surface area contributed by atoms with Crippen molar-refractivity contribution in [2.24, 2.45) is 35.0 Å². The minimum absolute atomic E-state index is 0.0282. The zero-order valence-corrected chi connectivity index (χ0v) is 21.1. The smallest absolute Gasteiger partial charge is 0.256 e. The van der Waals surface area contributed by atoms with Gasteiger partial charge in [-0.05, 0) is 93.8 Å². The predicted octanol–water partition coefficient (Wildman–Crippen LogP) is 4.27. The summed E-state index contributed by atoms with van der Waals surface area (Å²) in [6, 6.07) is 0. The van der Waals surface area contributed by atoms with Crippen molar-refractivity contribution in [2.75, 3.05) is 14.1 Å². The summed E-state index contributed by atoms with van der Waals surface area (Å²) < 4.78 is 18.1. The van der Waals surface area contributed by atoms with Crippen molar-refractivity contribution in [3.63, 3.8) is 0 Å². The van der Waals surface area contributed by atoms with Crippen molar-refractivity contribution in [3.05, 3.63) is 18.0 Å². The maximum atomic E-state index is 16.5. The third-order valence-corrected chi connectivity index (χ3v) is 10.3. The van der Waals surface area contributed by atoms with Gasteiger partial charge in [-0.3, -0.25) is 14.3 Å². The molecule has 1 heterocycles. The average molecular weight is 474 g/mol. The molecule has 0 radical (unpaired) electrons. The molecule has 1 unspecified atom stereocenters. The number of aliphatic hydroxyl groups is 1. The van der Waals surface area contributed by atoms with E-state index in [4.69, 9.17) is 0 Å². The Labute approximate surface area is 202 Å². The topological polar surface area (TPSA) is 75.4 Å². The number of amides is 1. The Morgan fingerprint density at radius 2 is 1.88 bits per heavy atom. The first kappa shape index (κ1) is 24.0. The summed E-state index contributed by atoms with van der Waals surface area (Å²) in [5.74, 6) is 0.808. The number of ketones is 1. The lowest BCUT2D eigenvalue weighted by molar-refractivity contribution is -0.166. The first-order valence-electron chi connectivity index (χ1n) is 13.1. The van der Waals surface area contributed by atoms with Crippen LogP contribution in [0.25, 0.3) is 0 Å². The van der Waals surface area contributed by atoms with Gasteiger partial charge >= 0.3 is 0 Å². The molecule has 4 fully saturated rings. The molecule has 1 aromatic rings. The molecule has 1 amide bonds. The molecule has 4 aliphatic rings. The molecular formula is C27H40FN3O3. The van der Waals surface area contributed by atoms with Crippen LogP contribution in [0.2, 0.25) is 0 Å². The molecular weight excluding hydrogens is 433 g/mol. The Kier molecular flexibility index (Phi) is 5.74. The number of Topliss-reactive ketones (excluding diaryl/α,β-unsaturated/α-hetero) is 1. The summed E-state index contributed by atoms with van der Waals surface area (Å²) >= 11 is 0. The van der Waals surface area contributed by atoms with E-state index in [1.54, 1.807) is 25.0 Å². The quantitative estimate of drug-likeness (QED) is 0.709. The van der Waals surface area contributed by atoms with Crippen molar-refractivity contribution in [3.8, 4) is 0 Å². The largest absolute Gasteiger partial charge is 0.390 e. The highest BCUT2D eigenvalue weighted by Crippen LogP contribution is 2.66. The zero-order chi connectivity index (χ0) is 24.5. The van der Waals surface area contributed by atoms with E-state index in [-0.39, 0.29) is 41.4 Å². The lowest BCUT2D eigenvalue weighted by Crippen LogP contribution is -2.58. The third kappa shape index (κ3) is 3.73. The molecule has 0 saturated heterocycles. The van der Waals surface area contributed by atoms with Crippen molar-refractivity contribution in [2.45, 2.75) is 89.4 Å². The fourth-order valence-electron chi connectivity index (χ4n) is 8.59. The zero-order valence-electron chi connectivity index (χ0n) is 21.1. The van der Waals surface area contributed by atoms with Crippen LogP contribution in [0.4, 0.5) is 4.39 Å². The van der Waals surface area contributed by atoms with E-state index in [0.717, 1.165) is 38.5 Å². The Hall–Kier alpha value is -1.76. The molecule has 5 rings (SSSR count). The molecule has 8 atom stereocenters. The molecule has 4 saturated carbocycles. The highest BCUT2D eigenvalue weighted by Gasteiger charge is 2.63. The predicted molar refractivity (Wildman–Crippen MR) is 127 cm³/mol. The summed E-state index contributed by atoms with van der Waals surface area (Å²) in [6.07, 6.45) is 10.3. The van der Waals surface area contributed by atoms with Crippen LogP contribution in [0.5, 0.6) is 0 Å². The summed E-state index contributed by atoms with van der Waals surface area (Å²) in [5, 5.41) is 14.8. The SMILES string of the molecule is CN(C)C(=O)c1cnn(CC(=O)[C@H]2CCC3[C@@H]4CC[C@@H]5C[C@](C)(O)CC[C@]5(F)[C@H]4CC[C@@]32C)c1. The van der Waals surface area contributed by atoms with Crippen LogP contribution in [-0.2, 0) is 11.3 Å². The van der Waals surface area contributed by atoms with E-state index in [9.17, 15) is 14.7 Å². The van der Waals surface area contributed by atoms with E-state index in [1.165, 1.54) is 11.1 Å². The van der Waals surface area contributed by atoms with Crippen LogP contribution in [-0.4, -0.2) is 56.8 Å². The maximum Gasteiger partial charge on any atom is 0.256 e. The maximum absolute atomic E-state index is 16.5. The van der Waals surface area contributed by atoms with E-state index in [2.05, 4.69) is 12.0 Å². The van der Waals surface area contributed by atoms with Crippen LogP contribution < -0.4 is 0 Å². The van der Waals surface area contributed by atoms with Crippen LogP contribution in [0.3, 0.4) is 0 Å². The van der Waals surface area contributed by atoms with Crippen molar-refractivity contribution >= 4 is 11.7 Å². The molecule has 188 valence electrons. The fourth-order valence-corrected chi connectivity index (χ4v) is 8.59. The second-order valence-electron chi connectivity index (χ2n) is 12.5. The van der Waals surface area contributed by atoms with Gasteiger partial charge in [0.05, 0.1) is 23.9 Å². The Balaban J connectivity index is 1.30. The van der Waals surface area contributed by atoms with Gasteiger partial charge in [-0.15, -0.1) is 0 Å². The van der Waals surface area contributed by atoms with Crippen molar-refractivity contribution in [1.29, 1.82) is 0 Å². The molecule has 6 nitrogen and oxygen atoms in total. The van der Waals surface area contributed by atoms with Gasteiger partial charge in [0.15, 0.2) is 5.78 Å². The van der Waals surface area contributed by atoms with Gasteiger partial charge in [-0.25, -0.2) is 4.39 Å². The lowest BCUT2D eigenvalue weighted by Gasteiger charge is -2.59. The molecule has 34 heavy (non-hydrogen) atoms. The molecule has 1 aromatic heterocycles. The van der Waals surface area contributed by atoms with E-state index >= 15 is 4.39 Å². The summed E-state index contributed by atoms with van der Waals surface area (Å²) in [4.78, 5) is 27.1. The Bertz CT molecular complexity index is 974. The van der Waals surface area contributed by atoms with Gasteiger partial charge in [0, 0.05) is 26.2 Å². The number of fused-ring (bicyclic) bond motifs is 5. The Morgan fingerprint density at radius 3 is 2.62 bits per heavy atom. The monoisotopic (exact) mass is 473 g/mol. The van der Waals surface area contributed by atoms with E-state index < -0.39 is 11.3 Å². The number of nitrogens with zero attached hydrogens (tertiary/aromatic N) is 3. The highest BCUT2D eigenvalue weighted by molar-refractivity contribution is 5.93. The first-order chi connectivity index (χ1) is 15.9. The van der Waals surface area contributed by atoms with Crippen molar-refractivity contribution in [1.82, 2.24) is 14.7 Å². The standard InChI is InChI=1S/C27H40FN3O3/c1-25(34)11-12-27(28)18(13-25)5-6-19-20-7-8-22(26(20,2)10-9-21(19)27)23(32)16-31-15-17(14-29-31)24(33)30(3)4/h14-15,18-22,34H,5-13,16H2,1-4H3/t18-,19+,20?,21+,22-,25-,26+,27-/m1/s1. The number of rotatable bonds is 4. The third-order valence-electron chi connectivity index (χ3n) is 10.3. The van der Waals surface area contributed by atoms with Gasteiger partial charge in [0.2, 0.25) is 0 Å². The minimum atomic E-state index is -1.15. The van der Waals surface area contributed by atoms with Crippen LogP contribution in [0, 0.1) is 35.0 Å². The molecule has 1 N–H and O–H groups in total. The number of carbonyl (C=O) groups excluding carboxylic acids is 2. The lowest BCUT2D eigenvalue weighted by atomic mass is 9.48. The normalized spacial score (nSPS) is 43.5. The summed E-state index contributed by atoms with van der Waals surface area (Å²) in [6.45, 7) is 4.32. The van der Waals surface area contributed by atoms with E-state index in [0.29, 0.717) is 36.7 Å². The number of aromatic nitrogens is 2. The Morgan fingerprint density at radius 1 is 1.12 bits per heavy atom. The van der Waals surface area contributed by atoms with Gasteiger partial charge in [-0.1, -0.05) is 6.92 Å². The average Bonchev–Trinajstić information content (AvgIpc) is 3.37. The molecule has 0 bridgehead atoms. The minimum Gasteiger partial charge on any atom is -0.390 e. The molecule has 7 heteroatoms. The van der Waals surface area contributed by atoms with E-state index in [1.807, 2.05) is 6.92 Å². The first-order valence-corrected chi connectivity index (χ1v) is 13.1. The number of halogens is 1. The van der Waals surface area contributed by atoms with Gasteiger partial charge in [0.1, 0.15) is 5.67 Å². The van der Waals surface area contributed by atoms with Crippen LogP contribution in [0.1, 0.15) is 82.0 Å². The van der Waals surface area contributed by atoms with Crippen molar-refractivity contribution < 1.29 is 19.1 Å². The number of carbonyl (C=O) groups is 2. The van der Waals surface area contributed by atoms with Crippen LogP contribution >= 0.6 is 0 Å².